The molecule has 0 aromatic carbocycles. The van der Waals surface area contributed by atoms with Crippen LogP contribution >= 0.6 is 11.3 Å². The Morgan fingerprint density at radius 1 is 1.45 bits per heavy atom. The maximum atomic E-state index is 11.6. The second-order valence-electron chi connectivity index (χ2n) is 5.60. The summed E-state index contributed by atoms with van der Waals surface area (Å²) in [5.74, 6) is -0.309. The van der Waals surface area contributed by atoms with Crippen LogP contribution in [0.3, 0.4) is 0 Å². The van der Waals surface area contributed by atoms with E-state index in [1.165, 1.54) is 44.1 Å². The van der Waals surface area contributed by atoms with Gasteiger partial charge in [-0.1, -0.05) is 24.2 Å². The molecule has 0 atom stereocenters. The second kappa shape index (κ2) is 6.10. The van der Waals surface area contributed by atoms with Crippen molar-refractivity contribution >= 4 is 22.4 Å². The van der Waals surface area contributed by atoms with Gasteiger partial charge >= 0.3 is 5.97 Å². The number of carbonyl (C=O) groups is 1. The van der Waals surface area contributed by atoms with Crippen molar-refractivity contribution in [1.29, 1.82) is 0 Å². The Balaban J connectivity index is 2.05. The number of nitrogens with one attached hydrogen (secondary N) is 1. The Labute approximate surface area is 124 Å². The number of likely N-dealkylation sites (N-methyl/N-ethyl adjacent to an activating group) is 1. The number of carbonyl (C=O) groups excluding carboxylic acids is 1. The molecular weight excluding hydrogens is 274 g/mol. The summed E-state index contributed by atoms with van der Waals surface area (Å²) in [6, 6.07) is 0. The predicted octanol–water partition coefficient (Wildman–Crippen LogP) is 2.52. The zero-order chi connectivity index (χ0) is 14.8. The Kier molecular flexibility index (Phi) is 4.65. The number of methoxy groups -OCH3 is 1. The number of rotatable bonds is 5. The fourth-order valence-corrected chi connectivity index (χ4v) is 3.69. The second-order valence-corrected chi connectivity index (χ2v) is 6.60. The number of ether oxygens (including phenoxy) is 1. The molecule has 0 bridgehead atoms. The van der Waals surface area contributed by atoms with Crippen LogP contribution in [0.25, 0.3) is 0 Å². The van der Waals surface area contributed by atoms with Crippen LogP contribution in [-0.4, -0.2) is 49.1 Å². The molecule has 1 aromatic rings. The summed E-state index contributed by atoms with van der Waals surface area (Å²) in [7, 11) is 5.67. The van der Waals surface area contributed by atoms with Crippen molar-refractivity contribution in [3.8, 4) is 0 Å². The maximum absolute atomic E-state index is 11.6. The van der Waals surface area contributed by atoms with Crippen molar-refractivity contribution in [2.75, 3.05) is 33.1 Å². The molecule has 112 valence electrons. The van der Waals surface area contributed by atoms with Gasteiger partial charge in [-0.05, 0) is 33.9 Å². The first kappa shape index (κ1) is 15.3. The molecule has 1 N–H and O–H groups in total. The van der Waals surface area contributed by atoms with E-state index in [1.54, 1.807) is 0 Å². The third kappa shape index (κ3) is 2.96. The minimum atomic E-state index is -0.309. The molecule has 1 aliphatic carbocycles. The van der Waals surface area contributed by atoms with Crippen LogP contribution in [0.2, 0.25) is 0 Å². The molecule has 6 heteroatoms. The molecule has 1 saturated carbocycles. The van der Waals surface area contributed by atoms with E-state index in [1.807, 2.05) is 6.92 Å². The quantitative estimate of drug-likeness (QED) is 0.846. The number of thiazole rings is 1. The molecule has 0 saturated heterocycles. The molecule has 1 heterocycles. The zero-order valence-electron chi connectivity index (χ0n) is 12.7. The standard InChI is InChI=1S/C14H23N3O2S/c1-10-11(12(18)19-4)20-13(16-10)15-9-14(17(2)3)7-5-6-8-14/h5-9H2,1-4H3,(H,15,16). The summed E-state index contributed by atoms with van der Waals surface area (Å²) in [6.07, 6.45) is 4.98. The van der Waals surface area contributed by atoms with Gasteiger partial charge in [-0.2, -0.15) is 0 Å². The van der Waals surface area contributed by atoms with Crippen LogP contribution in [0.15, 0.2) is 0 Å². The predicted molar refractivity (Wildman–Crippen MR) is 81.6 cm³/mol. The molecule has 1 aromatic heterocycles. The first-order valence-corrected chi connectivity index (χ1v) is 7.77. The molecule has 5 nitrogen and oxygen atoms in total. The average Bonchev–Trinajstić information content (AvgIpc) is 3.03. The maximum Gasteiger partial charge on any atom is 0.350 e. The van der Waals surface area contributed by atoms with Crippen molar-refractivity contribution in [3.63, 3.8) is 0 Å². The van der Waals surface area contributed by atoms with Crippen LogP contribution in [0.1, 0.15) is 41.0 Å². The average molecular weight is 297 g/mol. The van der Waals surface area contributed by atoms with E-state index in [2.05, 4.69) is 29.3 Å². The molecule has 0 radical (unpaired) electrons. The molecule has 0 spiro atoms. The molecule has 1 fully saturated rings. The number of hydrogen-bond acceptors (Lipinski definition) is 6. The number of esters is 1. The highest BCUT2D eigenvalue weighted by atomic mass is 32.1. The molecule has 0 aliphatic heterocycles. The van der Waals surface area contributed by atoms with Gasteiger partial charge in [0, 0.05) is 12.1 Å². The van der Waals surface area contributed by atoms with E-state index in [-0.39, 0.29) is 11.5 Å². The summed E-state index contributed by atoms with van der Waals surface area (Å²) >= 11 is 1.37. The number of aryl methyl sites for hydroxylation is 1. The van der Waals surface area contributed by atoms with Gasteiger partial charge in [-0.3, -0.25) is 0 Å². The lowest BCUT2D eigenvalue weighted by molar-refractivity contribution is 0.0605. The Morgan fingerprint density at radius 3 is 2.65 bits per heavy atom. The van der Waals surface area contributed by atoms with E-state index in [0.29, 0.717) is 4.88 Å². The van der Waals surface area contributed by atoms with Gasteiger partial charge in [-0.25, -0.2) is 9.78 Å². The smallest absolute Gasteiger partial charge is 0.350 e. The molecule has 20 heavy (non-hydrogen) atoms. The first-order valence-electron chi connectivity index (χ1n) is 6.95. The normalized spacial score (nSPS) is 17.4. The van der Waals surface area contributed by atoms with Crippen LogP contribution in [0, 0.1) is 6.92 Å². The van der Waals surface area contributed by atoms with Crippen molar-refractivity contribution in [2.24, 2.45) is 0 Å². The monoisotopic (exact) mass is 297 g/mol. The minimum Gasteiger partial charge on any atom is -0.465 e. The van der Waals surface area contributed by atoms with Crippen LogP contribution in [-0.2, 0) is 4.74 Å². The number of nitrogens with zero attached hydrogens (tertiary/aromatic N) is 2. The largest absolute Gasteiger partial charge is 0.465 e. The van der Waals surface area contributed by atoms with Gasteiger partial charge < -0.3 is 15.0 Å². The van der Waals surface area contributed by atoms with Crippen molar-refractivity contribution in [3.05, 3.63) is 10.6 Å². The van der Waals surface area contributed by atoms with Gasteiger partial charge in [0.2, 0.25) is 0 Å². The van der Waals surface area contributed by atoms with Crippen molar-refractivity contribution in [2.45, 2.75) is 38.1 Å². The van der Waals surface area contributed by atoms with Gasteiger partial charge in [0.1, 0.15) is 4.88 Å². The Hall–Kier alpha value is -1.14. The van der Waals surface area contributed by atoms with E-state index in [4.69, 9.17) is 4.74 Å². The van der Waals surface area contributed by atoms with Crippen molar-refractivity contribution in [1.82, 2.24) is 9.88 Å². The highest BCUT2D eigenvalue weighted by molar-refractivity contribution is 7.17. The van der Waals surface area contributed by atoms with Gasteiger partial charge in [-0.15, -0.1) is 0 Å². The number of aromatic nitrogens is 1. The summed E-state index contributed by atoms with van der Waals surface area (Å²) < 4.78 is 4.76. The Bertz CT molecular complexity index is 479. The first-order chi connectivity index (χ1) is 9.48. The topological polar surface area (TPSA) is 54.5 Å². The van der Waals surface area contributed by atoms with Crippen LogP contribution in [0.4, 0.5) is 5.13 Å². The van der Waals surface area contributed by atoms with E-state index >= 15 is 0 Å². The van der Waals surface area contributed by atoms with Gasteiger partial charge in [0.15, 0.2) is 5.13 Å². The molecule has 1 aliphatic rings. The minimum absolute atomic E-state index is 0.213. The highest BCUT2D eigenvalue weighted by Crippen LogP contribution is 2.34. The molecular formula is C14H23N3O2S. The molecule has 0 unspecified atom stereocenters. The lowest BCUT2D eigenvalue weighted by atomic mass is 9.96. The summed E-state index contributed by atoms with van der Waals surface area (Å²) in [4.78, 5) is 18.9. The van der Waals surface area contributed by atoms with E-state index in [0.717, 1.165) is 17.4 Å². The lowest BCUT2D eigenvalue weighted by Gasteiger charge is -2.36. The third-order valence-corrected chi connectivity index (χ3v) is 5.31. The third-order valence-electron chi connectivity index (χ3n) is 4.22. The van der Waals surface area contributed by atoms with Crippen LogP contribution < -0.4 is 5.32 Å². The summed E-state index contributed by atoms with van der Waals surface area (Å²) in [5, 5.41) is 4.21. The van der Waals surface area contributed by atoms with E-state index < -0.39 is 0 Å². The highest BCUT2D eigenvalue weighted by Gasteiger charge is 2.35. The summed E-state index contributed by atoms with van der Waals surface area (Å²) in [5.41, 5.74) is 0.944. The van der Waals surface area contributed by atoms with Gasteiger partial charge in [0.25, 0.3) is 0 Å². The van der Waals surface area contributed by atoms with Gasteiger partial charge in [0.05, 0.1) is 12.8 Å². The lowest BCUT2D eigenvalue weighted by Crippen LogP contribution is -2.47. The number of hydrogen-bond donors (Lipinski definition) is 1. The Morgan fingerprint density at radius 2 is 2.10 bits per heavy atom. The van der Waals surface area contributed by atoms with Crippen molar-refractivity contribution < 1.29 is 9.53 Å². The van der Waals surface area contributed by atoms with E-state index in [9.17, 15) is 4.79 Å². The zero-order valence-corrected chi connectivity index (χ0v) is 13.5. The summed E-state index contributed by atoms with van der Waals surface area (Å²) in [6.45, 7) is 2.71. The fraction of sp³-hybridized carbons (Fsp3) is 0.714. The van der Waals surface area contributed by atoms with Crippen LogP contribution in [0.5, 0.6) is 0 Å². The number of anilines is 1. The molecule has 0 amide bonds. The SMILES string of the molecule is COC(=O)c1sc(NCC2(N(C)C)CCCC2)nc1C. The molecule has 2 rings (SSSR count). The fourth-order valence-electron chi connectivity index (χ4n) is 2.81.